The maximum atomic E-state index is 11.6. The molecule has 0 spiro atoms. The summed E-state index contributed by atoms with van der Waals surface area (Å²) in [6.07, 6.45) is 4.23. The van der Waals surface area contributed by atoms with Gasteiger partial charge in [-0.1, -0.05) is 22.9 Å². The molecule has 82 valence electrons. The van der Waals surface area contributed by atoms with Crippen LogP contribution in [-0.4, -0.2) is 20.9 Å². The van der Waals surface area contributed by atoms with E-state index in [4.69, 9.17) is 23.2 Å². The third kappa shape index (κ3) is 2.66. The zero-order chi connectivity index (χ0) is 11.5. The van der Waals surface area contributed by atoms with E-state index in [0.29, 0.717) is 10.0 Å². The van der Waals surface area contributed by atoms with Crippen molar-refractivity contribution in [3.8, 4) is 0 Å². The van der Waals surface area contributed by atoms with Gasteiger partial charge in [-0.25, -0.2) is 15.0 Å². The van der Waals surface area contributed by atoms with E-state index in [9.17, 15) is 4.79 Å². The second-order valence-corrected chi connectivity index (χ2v) is 4.66. The van der Waals surface area contributed by atoms with Crippen LogP contribution in [0.3, 0.4) is 0 Å². The van der Waals surface area contributed by atoms with Gasteiger partial charge in [-0.3, -0.25) is 4.79 Å². The van der Waals surface area contributed by atoms with Crippen molar-refractivity contribution >= 4 is 46.1 Å². The average molecular weight is 275 g/mol. The van der Waals surface area contributed by atoms with Crippen molar-refractivity contribution in [3.63, 3.8) is 0 Å². The number of halogens is 2. The molecule has 2 rings (SSSR count). The van der Waals surface area contributed by atoms with Crippen LogP contribution in [0.2, 0.25) is 9.62 Å². The Morgan fingerprint density at radius 3 is 2.44 bits per heavy atom. The van der Waals surface area contributed by atoms with E-state index in [1.54, 1.807) is 0 Å². The molecule has 0 unspecified atom stereocenters. The number of hydrogen-bond acceptors (Lipinski definition) is 5. The normalized spacial score (nSPS) is 10.1. The molecule has 0 bridgehead atoms. The first-order valence-corrected chi connectivity index (χ1v) is 5.62. The lowest BCUT2D eigenvalue weighted by Gasteiger charge is -2.00. The number of nitrogens with zero attached hydrogens (tertiary/aromatic N) is 3. The van der Waals surface area contributed by atoms with E-state index in [1.807, 2.05) is 0 Å². The number of hydrogen-bond donors (Lipinski definition) is 1. The fourth-order valence-corrected chi connectivity index (χ4v) is 1.83. The summed E-state index contributed by atoms with van der Waals surface area (Å²) in [6, 6.07) is 0. The Morgan fingerprint density at radius 2 is 1.88 bits per heavy atom. The van der Waals surface area contributed by atoms with Crippen molar-refractivity contribution in [2.75, 3.05) is 5.32 Å². The van der Waals surface area contributed by atoms with Gasteiger partial charge in [-0.05, 0) is 11.6 Å². The molecule has 0 aliphatic heterocycles. The molecule has 2 heterocycles. The summed E-state index contributed by atoms with van der Waals surface area (Å²) in [5.41, 5.74) is 0.445. The standard InChI is InChI=1S/C8H4Cl2N4OS/c9-5-3-11-7(16-5)6(15)14-4-1-12-8(10)13-2-4/h1-3H,(H,14,15). The predicted octanol–water partition coefficient (Wildman–Crippen LogP) is 2.49. The highest BCUT2D eigenvalue weighted by Crippen LogP contribution is 2.19. The van der Waals surface area contributed by atoms with Crippen LogP contribution in [0.4, 0.5) is 5.69 Å². The highest BCUT2D eigenvalue weighted by molar-refractivity contribution is 7.17. The van der Waals surface area contributed by atoms with Crippen molar-refractivity contribution in [1.29, 1.82) is 0 Å². The Kier molecular flexibility index (Phi) is 3.33. The molecule has 5 nitrogen and oxygen atoms in total. The van der Waals surface area contributed by atoms with E-state index < -0.39 is 0 Å². The quantitative estimate of drug-likeness (QED) is 0.855. The summed E-state index contributed by atoms with van der Waals surface area (Å²) in [7, 11) is 0. The van der Waals surface area contributed by atoms with Crippen LogP contribution < -0.4 is 5.32 Å². The Hall–Kier alpha value is -1.24. The second kappa shape index (κ2) is 4.73. The van der Waals surface area contributed by atoms with Gasteiger partial charge in [0.2, 0.25) is 5.28 Å². The number of rotatable bonds is 2. The number of amides is 1. The molecular formula is C8H4Cl2N4OS. The fraction of sp³-hybridized carbons (Fsp3) is 0. The van der Waals surface area contributed by atoms with Crippen LogP contribution in [0.1, 0.15) is 9.80 Å². The zero-order valence-corrected chi connectivity index (χ0v) is 9.97. The van der Waals surface area contributed by atoms with Crippen LogP contribution in [0.15, 0.2) is 18.6 Å². The van der Waals surface area contributed by atoms with Crippen molar-refractivity contribution in [2.24, 2.45) is 0 Å². The Labute approximate surface area is 104 Å². The molecule has 2 aromatic rings. The number of nitrogens with one attached hydrogen (secondary N) is 1. The molecule has 1 amide bonds. The van der Waals surface area contributed by atoms with Crippen molar-refractivity contribution < 1.29 is 4.79 Å². The van der Waals surface area contributed by atoms with Crippen molar-refractivity contribution in [3.05, 3.63) is 33.2 Å². The molecule has 0 atom stereocenters. The van der Waals surface area contributed by atoms with Crippen LogP contribution in [-0.2, 0) is 0 Å². The minimum Gasteiger partial charge on any atom is -0.317 e. The smallest absolute Gasteiger partial charge is 0.284 e. The summed E-state index contributed by atoms with van der Waals surface area (Å²) in [5.74, 6) is -0.358. The topological polar surface area (TPSA) is 67.8 Å². The van der Waals surface area contributed by atoms with Gasteiger partial charge in [0.05, 0.1) is 24.3 Å². The molecule has 0 aliphatic rings. The van der Waals surface area contributed by atoms with Gasteiger partial charge in [-0.15, -0.1) is 0 Å². The largest absolute Gasteiger partial charge is 0.317 e. The Morgan fingerprint density at radius 1 is 1.19 bits per heavy atom. The molecule has 1 N–H and O–H groups in total. The van der Waals surface area contributed by atoms with E-state index in [1.165, 1.54) is 18.6 Å². The van der Waals surface area contributed by atoms with E-state index in [0.717, 1.165) is 11.3 Å². The number of aromatic nitrogens is 3. The highest BCUT2D eigenvalue weighted by Gasteiger charge is 2.10. The zero-order valence-electron chi connectivity index (χ0n) is 7.65. The minimum absolute atomic E-state index is 0.121. The maximum Gasteiger partial charge on any atom is 0.284 e. The highest BCUT2D eigenvalue weighted by atomic mass is 35.5. The van der Waals surface area contributed by atoms with Crippen molar-refractivity contribution in [1.82, 2.24) is 15.0 Å². The summed E-state index contributed by atoms with van der Waals surface area (Å²) >= 11 is 12.3. The van der Waals surface area contributed by atoms with Gasteiger partial charge in [0.25, 0.3) is 5.91 Å². The molecule has 2 aromatic heterocycles. The number of anilines is 1. The maximum absolute atomic E-state index is 11.6. The van der Waals surface area contributed by atoms with Gasteiger partial charge in [-0.2, -0.15) is 0 Å². The summed E-state index contributed by atoms with van der Waals surface area (Å²) in [5, 5.41) is 2.96. The number of carbonyl (C=O) groups excluding carboxylic acids is 1. The molecule has 0 saturated carbocycles. The van der Waals surface area contributed by atoms with Gasteiger partial charge >= 0.3 is 0 Å². The number of carbonyl (C=O) groups is 1. The molecule has 0 saturated heterocycles. The molecule has 0 aromatic carbocycles. The van der Waals surface area contributed by atoms with E-state index in [-0.39, 0.29) is 16.2 Å². The average Bonchev–Trinajstić information content (AvgIpc) is 2.68. The third-order valence-electron chi connectivity index (χ3n) is 1.55. The molecule has 0 aliphatic carbocycles. The monoisotopic (exact) mass is 274 g/mol. The lowest BCUT2D eigenvalue weighted by Crippen LogP contribution is -2.11. The van der Waals surface area contributed by atoms with E-state index in [2.05, 4.69) is 20.3 Å². The van der Waals surface area contributed by atoms with Gasteiger partial charge in [0.15, 0.2) is 5.01 Å². The predicted molar refractivity (Wildman–Crippen MR) is 62.1 cm³/mol. The molecule has 0 radical (unpaired) electrons. The molecular weight excluding hydrogens is 271 g/mol. The van der Waals surface area contributed by atoms with Gasteiger partial charge < -0.3 is 5.32 Å². The third-order valence-corrected chi connectivity index (χ3v) is 2.86. The first-order valence-electron chi connectivity index (χ1n) is 4.05. The first-order chi connectivity index (χ1) is 7.65. The molecule has 0 fully saturated rings. The lowest BCUT2D eigenvalue weighted by molar-refractivity contribution is 0.102. The van der Waals surface area contributed by atoms with Gasteiger partial charge in [0, 0.05) is 0 Å². The summed E-state index contributed by atoms with van der Waals surface area (Å²) in [4.78, 5) is 22.9. The first kappa shape index (κ1) is 11.3. The minimum atomic E-state index is -0.358. The fourth-order valence-electron chi connectivity index (χ4n) is 0.921. The Balaban J connectivity index is 2.10. The number of thiazole rings is 1. The summed E-state index contributed by atoms with van der Waals surface area (Å²) in [6.45, 7) is 0. The van der Waals surface area contributed by atoms with Gasteiger partial charge in [0.1, 0.15) is 4.34 Å². The molecule has 8 heteroatoms. The Bertz CT molecular complexity index is 513. The second-order valence-electron chi connectivity index (χ2n) is 2.66. The van der Waals surface area contributed by atoms with Crippen LogP contribution in [0.5, 0.6) is 0 Å². The van der Waals surface area contributed by atoms with Crippen LogP contribution in [0, 0.1) is 0 Å². The van der Waals surface area contributed by atoms with Crippen LogP contribution in [0.25, 0.3) is 0 Å². The SMILES string of the molecule is O=C(Nc1cnc(Cl)nc1)c1ncc(Cl)s1. The lowest BCUT2D eigenvalue weighted by atomic mass is 10.5. The summed E-state index contributed by atoms with van der Waals surface area (Å²) < 4.78 is 0.456. The van der Waals surface area contributed by atoms with Crippen molar-refractivity contribution in [2.45, 2.75) is 0 Å². The van der Waals surface area contributed by atoms with E-state index >= 15 is 0 Å². The van der Waals surface area contributed by atoms with Crippen LogP contribution >= 0.6 is 34.5 Å². The molecule has 16 heavy (non-hydrogen) atoms.